The molecule has 4 nitrogen and oxygen atoms in total. The topological polar surface area (TPSA) is 48.1 Å². The van der Waals surface area contributed by atoms with Crippen molar-refractivity contribution in [1.82, 2.24) is 5.23 Å². The third-order valence-corrected chi connectivity index (χ3v) is 2.45. The van der Waals surface area contributed by atoms with Crippen LogP contribution in [-0.4, -0.2) is 30.6 Å². The highest BCUT2D eigenvalue weighted by Gasteiger charge is 2.44. The predicted octanol–water partition coefficient (Wildman–Crippen LogP) is 0.667. The van der Waals surface area contributed by atoms with Gasteiger partial charge in [-0.3, -0.25) is 5.23 Å². The molecule has 1 aliphatic carbocycles. The lowest BCUT2D eigenvalue weighted by Gasteiger charge is -2.35. The van der Waals surface area contributed by atoms with Crippen LogP contribution in [-0.2, 0) is 9.57 Å². The van der Waals surface area contributed by atoms with Gasteiger partial charge in [0.15, 0.2) is 0 Å². The molecule has 0 bridgehead atoms. The molecule has 0 radical (unpaired) electrons. The van der Waals surface area contributed by atoms with Gasteiger partial charge in [0.2, 0.25) is 0 Å². The van der Waals surface area contributed by atoms with Crippen molar-refractivity contribution in [3.8, 4) is 0 Å². The molecule has 4 heteroatoms. The lowest BCUT2D eigenvalue weighted by molar-refractivity contribution is -0.125. The van der Waals surface area contributed by atoms with Gasteiger partial charge in [-0.1, -0.05) is 0 Å². The number of epoxide rings is 1. The molecule has 1 saturated carbocycles. The first-order chi connectivity index (χ1) is 5.31. The summed E-state index contributed by atoms with van der Waals surface area (Å²) in [5.41, 5.74) is 0. The van der Waals surface area contributed by atoms with Crippen molar-refractivity contribution in [3.05, 3.63) is 5.21 Å². The van der Waals surface area contributed by atoms with Crippen LogP contribution in [0.1, 0.15) is 19.3 Å². The second kappa shape index (κ2) is 2.71. The summed E-state index contributed by atoms with van der Waals surface area (Å²) in [7, 11) is 1.41. The Bertz CT molecular complexity index is 153. The summed E-state index contributed by atoms with van der Waals surface area (Å²) < 4.78 is 5.28. The van der Waals surface area contributed by atoms with Gasteiger partial charge in [-0.25, -0.2) is 0 Å². The third kappa shape index (κ3) is 1.39. The molecule has 0 aromatic heterocycles. The summed E-state index contributed by atoms with van der Waals surface area (Å²) in [6.07, 6.45) is 3.55. The Morgan fingerprint density at radius 1 is 1.45 bits per heavy atom. The van der Waals surface area contributed by atoms with Crippen LogP contribution in [0.15, 0.2) is 0 Å². The zero-order valence-corrected chi connectivity index (χ0v) is 6.53. The van der Waals surface area contributed by atoms with Gasteiger partial charge >= 0.3 is 0 Å². The SMILES string of the molecule is CON([O-])C1CCC2OC2C1. The van der Waals surface area contributed by atoms with Gasteiger partial charge in [0.05, 0.1) is 19.3 Å². The average Bonchev–Trinajstić information content (AvgIpc) is 2.80. The van der Waals surface area contributed by atoms with Crippen LogP contribution in [0, 0.1) is 5.21 Å². The van der Waals surface area contributed by atoms with Gasteiger partial charge in [-0.2, -0.15) is 0 Å². The first-order valence-electron chi connectivity index (χ1n) is 3.97. The fourth-order valence-corrected chi connectivity index (χ4v) is 1.72. The molecule has 1 heterocycles. The Balaban J connectivity index is 1.84. The molecule has 64 valence electrons. The Labute approximate surface area is 65.6 Å². The molecule has 1 saturated heterocycles. The lowest BCUT2D eigenvalue weighted by Crippen LogP contribution is -2.33. The van der Waals surface area contributed by atoms with Crippen molar-refractivity contribution < 1.29 is 9.57 Å². The standard InChI is InChI=1S/C7H12NO3/c1-10-8(9)5-2-3-6-7(4-5)11-6/h5-7H,2-4H2,1H3/q-1. The van der Waals surface area contributed by atoms with Gasteiger partial charge in [-0.05, 0) is 19.3 Å². The number of rotatable bonds is 2. The lowest BCUT2D eigenvalue weighted by atomic mass is 9.96. The maximum absolute atomic E-state index is 11.0. The molecule has 2 fully saturated rings. The minimum absolute atomic E-state index is 0.0174. The summed E-state index contributed by atoms with van der Waals surface area (Å²) in [4.78, 5) is 4.58. The van der Waals surface area contributed by atoms with Crippen molar-refractivity contribution in [2.45, 2.75) is 37.5 Å². The number of nitrogens with zero attached hydrogens (tertiary/aromatic N) is 1. The Morgan fingerprint density at radius 2 is 2.27 bits per heavy atom. The molecule has 3 atom stereocenters. The van der Waals surface area contributed by atoms with E-state index in [0.29, 0.717) is 17.4 Å². The van der Waals surface area contributed by atoms with Crippen molar-refractivity contribution in [2.75, 3.05) is 7.11 Å². The zero-order valence-electron chi connectivity index (χ0n) is 6.53. The smallest absolute Gasteiger partial charge is 0.0857 e. The quantitative estimate of drug-likeness (QED) is 0.437. The van der Waals surface area contributed by atoms with Crippen molar-refractivity contribution in [2.24, 2.45) is 0 Å². The van der Waals surface area contributed by atoms with Gasteiger partial charge < -0.3 is 14.8 Å². The highest BCUT2D eigenvalue weighted by Crippen LogP contribution is 2.37. The predicted molar refractivity (Wildman–Crippen MR) is 38.5 cm³/mol. The van der Waals surface area contributed by atoms with Gasteiger partial charge in [-0.15, -0.1) is 0 Å². The maximum atomic E-state index is 11.0. The largest absolute Gasteiger partial charge is 0.762 e. The molecule has 0 spiro atoms. The minimum Gasteiger partial charge on any atom is -0.762 e. The first-order valence-corrected chi connectivity index (χ1v) is 3.97. The average molecular weight is 158 g/mol. The van der Waals surface area contributed by atoms with Crippen LogP contribution in [0.3, 0.4) is 0 Å². The molecule has 0 N–H and O–H groups in total. The number of fused-ring (bicyclic) bond motifs is 1. The van der Waals surface area contributed by atoms with Crippen LogP contribution in [0.2, 0.25) is 0 Å². The number of hydroxylamine groups is 2. The highest BCUT2D eigenvalue weighted by atomic mass is 16.9. The Hall–Kier alpha value is -0.160. The summed E-state index contributed by atoms with van der Waals surface area (Å²) in [6.45, 7) is 0. The van der Waals surface area contributed by atoms with Crippen LogP contribution >= 0.6 is 0 Å². The van der Waals surface area contributed by atoms with E-state index in [9.17, 15) is 5.21 Å². The van der Waals surface area contributed by atoms with Crippen LogP contribution < -0.4 is 0 Å². The molecule has 2 aliphatic rings. The van der Waals surface area contributed by atoms with Crippen molar-refractivity contribution in [3.63, 3.8) is 0 Å². The molecule has 0 amide bonds. The molecule has 0 aromatic rings. The molecule has 3 unspecified atom stereocenters. The van der Waals surface area contributed by atoms with Gasteiger partial charge in [0, 0.05) is 6.04 Å². The van der Waals surface area contributed by atoms with Crippen LogP contribution in [0.25, 0.3) is 0 Å². The number of hydrogen-bond acceptors (Lipinski definition) is 4. The fourth-order valence-electron chi connectivity index (χ4n) is 1.72. The monoisotopic (exact) mass is 158 g/mol. The zero-order chi connectivity index (χ0) is 7.84. The van der Waals surface area contributed by atoms with E-state index < -0.39 is 0 Å². The second-order valence-electron chi connectivity index (χ2n) is 3.15. The van der Waals surface area contributed by atoms with E-state index in [4.69, 9.17) is 4.74 Å². The summed E-state index contributed by atoms with van der Waals surface area (Å²) in [5, 5.41) is 11.7. The summed E-state index contributed by atoms with van der Waals surface area (Å²) in [5.74, 6) is 0. The fraction of sp³-hybridized carbons (Fsp3) is 1.00. The highest BCUT2D eigenvalue weighted by molar-refractivity contribution is 4.94. The maximum Gasteiger partial charge on any atom is 0.0857 e. The second-order valence-corrected chi connectivity index (χ2v) is 3.15. The van der Waals surface area contributed by atoms with E-state index in [0.717, 1.165) is 19.3 Å². The molecule has 2 rings (SSSR count). The van der Waals surface area contributed by atoms with E-state index in [1.54, 1.807) is 0 Å². The normalized spacial score (nSPS) is 42.3. The molecule has 0 aromatic carbocycles. The van der Waals surface area contributed by atoms with Crippen molar-refractivity contribution in [1.29, 1.82) is 0 Å². The van der Waals surface area contributed by atoms with Crippen LogP contribution in [0.5, 0.6) is 0 Å². The number of hydrogen-bond donors (Lipinski definition) is 0. The summed E-state index contributed by atoms with van der Waals surface area (Å²) in [6, 6.07) is 0.0174. The summed E-state index contributed by atoms with van der Waals surface area (Å²) >= 11 is 0. The van der Waals surface area contributed by atoms with Crippen LogP contribution in [0.4, 0.5) is 0 Å². The first kappa shape index (κ1) is 7.49. The molecule has 1 aliphatic heterocycles. The Morgan fingerprint density at radius 3 is 2.91 bits per heavy atom. The molecule has 11 heavy (non-hydrogen) atoms. The van der Waals surface area contributed by atoms with E-state index in [2.05, 4.69) is 4.84 Å². The molecular weight excluding hydrogens is 146 g/mol. The van der Waals surface area contributed by atoms with Crippen molar-refractivity contribution >= 4 is 0 Å². The Kier molecular flexibility index (Phi) is 1.85. The van der Waals surface area contributed by atoms with E-state index in [1.807, 2.05) is 0 Å². The number of ether oxygens (including phenoxy) is 1. The minimum atomic E-state index is 0.0174. The van der Waals surface area contributed by atoms with Gasteiger partial charge in [0.1, 0.15) is 0 Å². The van der Waals surface area contributed by atoms with E-state index in [-0.39, 0.29) is 6.04 Å². The third-order valence-electron chi connectivity index (χ3n) is 2.45. The molecular formula is C7H12NO3-. The van der Waals surface area contributed by atoms with Gasteiger partial charge in [0.25, 0.3) is 0 Å². The van der Waals surface area contributed by atoms with E-state index in [1.165, 1.54) is 7.11 Å². The van der Waals surface area contributed by atoms with E-state index >= 15 is 0 Å².